The molecule has 0 aliphatic rings. The van der Waals surface area contributed by atoms with Crippen molar-refractivity contribution in [3.05, 3.63) is 64.5 Å². The summed E-state index contributed by atoms with van der Waals surface area (Å²) in [7, 11) is 0. The fourth-order valence-corrected chi connectivity index (χ4v) is 2.22. The molecule has 0 radical (unpaired) electrons. The van der Waals surface area contributed by atoms with Gasteiger partial charge in [0, 0.05) is 0 Å². The lowest BCUT2D eigenvalue weighted by Crippen LogP contribution is -2.19. The molecule has 0 saturated carbocycles. The number of ether oxygens (including phenoxy) is 1. The number of rotatable bonds is 4. The third-order valence-corrected chi connectivity index (χ3v) is 3.18. The average Bonchev–Trinajstić information content (AvgIpc) is 2.38. The van der Waals surface area contributed by atoms with Gasteiger partial charge in [-0.2, -0.15) is 0 Å². The van der Waals surface area contributed by atoms with Crippen LogP contribution in [0.1, 0.15) is 28.3 Å². The molecule has 0 aromatic heterocycles. The van der Waals surface area contributed by atoms with E-state index >= 15 is 0 Å². The molecule has 0 amide bonds. The summed E-state index contributed by atoms with van der Waals surface area (Å²) in [6.07, 6.45) is 0. The van der Waals surface area contributed by atoms with E-state index in [2.05, 4.69) is 6.07 Å². The maximum atomic E-state index is 13.6. The average molecular weight is 273 g/mol. The van der Waals surface area contributed by atoms with Crippen molar-refractivity contribution in [2.24, 2.45) is 5.73 Å². The smallest absolute Gasteiger partial charge is 0.165 e. The standard InChI is InChI=1S/C17H20FNO/c1-11-4-5-15(18)17(9-11)20-10-16(19)14-7-12(2)6-13(3)8-14/h4-9,16H,10,19H2,1-3H3. The minimum absolute atomic E-state index is 0.253. The fraction of sp³-hybridized carbons (Fsp3) is 0.294. The summed E-state index contributed by atoms with van der Waals surface area (Å²) in [6, 6.07) is 10.7. The molecule has 2 N–H and O–H groups in total. The molecule has 2 rings (SSSR count). The van der Waals surface area contributed by atoms with Gasteiger partial charge in [-0.1, -0.05) is 35.4 Å². The van der Waals surface area contributed by atoms with Crippen molar-refractivity contribution in [2.45, 2.75) is 26.8 Å². The number of hydrogen-bond acceptors (Lipinski definition) is 2. The van der Waals surface area contributed by atoms with E-state index in [0.717, 1.165) is 22.3 Å². The van der Waals surface area contributed by atoms with E-state index in [1.165, 1.54) is 6.07 Å². The number of hydrogen-bond donors (Lipinski definition) is 1. The van der Waals surface area contributed by atoms with Gasteiger partial charge in [0.25, 0.3) is 0 Å². The van der Waals surface area contributed by atoms with E-state index in [4.69, 9.17) is 10.5 Å². The first-order chi connectivity index (χ1) is 9.45. The molecule has 1 atom stereocenters. The highest BCUT2D eigenvalue weighted by atomic mass is 19.1. The number of aryl methyl sites for hydroxylation is 3. The molecule has 0 fully saturated rings. The molecule has 1 unspecified atom stereocenters. The fourth-order valence-electron chi connectivity index (χ4n) is 2.22. The topological polar surface area (TPSA) is 35.2 Å². The van der Waals surface area contributed by atoms with Crippen LogP contribution < -0.4 is 10.5 Å². The molecule has 3 heteroatoms. The van der Waals surface area contributed by atoms with Crippen molar-refractivity contribution in [2.75, 3.05) is 6.61 Å². The van der Waals surface area contributed by atoms with Gasteiger partial charge < -0.3 is 10.5 Å². The lowest BCUT2D eigenvalue weighted by Gasteiger charge is -2.15. The third kappa shape index (κ3) is 3.58. The molecule has 0 aliphatic carbocycles. The van der Waals surface area contributed by atoms with Gasteiger partial charge in [-0.3, -0.25) is 0 Å². The Bertz CT molecular complexity index is 590. The Kier molecular flexibility index (Phi) is 4.40. The Morgan fingerprint density at radius 3 is 2.30 bits per heavy atom. The van der Waals surface area contributed by atoms with E-state index in [-0.39, 0.29) is 24.2 Å². The van der Waals surface area contributed by atoms with E-state index in [1.54, 1.807) is 12.1 Å². The van der Waals surface area contributed by atoms with Crippen LogP contribution in [0.4, 0.5) is 4.39 Å². The van der Waals surface area contributed by atoms with E-state index in [9.17, 15) is 4.39 Å². The van der Waals surface area contributed by atoms with Crippen LogP contribution >= 0.6 is 0 Å². The molecule has 2 aromatic rings. The van der Waals surface area contributed by atoms with E-state index in [0.29, 0.717) is 0 Å². The van der Waals surface area contributed by atoms with Gasteiger partial charge in [-0.05, 0) is 44.0 Å². The zero-order valence-electron chi connectivity index (χ0n) is 12.1. The molecular weight excluding hydrogens is 253 g/mol. The summed E-state index contributed by atoms with van der Waals surface area (Å²) in [5.41, 5.74) is 10.4. The second kappa shape index (κ2) is 6.06. The largest absolute Gasteiger partial charge is 0.489 e. The second-order valence-electron chi connectivity index (χ2n) is 5.27. The molecule has 2 nitrogen and oxygen atoms in total. The van der Waals surface area contributed by atoms with Gasteiger partial charge in [0.05, 0.1) is 6.04 Å². The van der Waals surface area contributed by atoms with Crippen molar-refractivity contribution < 1.29 is 9.13 Å². The highest BCUT2D eigenvalue weighted by molar-refractivity contribution is 5.32. The lowest BCUT2D eigenvalue weighted by molar-refractivity contribution is 0.277. The monoisotopic (exact) mass is 273 g/mol. The number of benzene rings is 2. The molecule has 0 spiro atoms. The molecule has 2 aromatic carbocycles. The van der Waals surface area contributed by atoms with Crippen LogP contribution in [0.15, 0.2) is 36.4 Å². The molecule has 0 saturated heterocycles. The quantitative estimate of drug-likeness (QED) is 0.918. The molecule has 106 valence electrons. The maximum Gasteiger partial charge on any atom is 0.165 e. The Labute approximate surface area is 119 Å². The normalized spacial score (nSPS) is 12.2. The van der Waals surface area contributed by atoms with Gasteiger partial charge in [-0.25, -0.2) is 4.39 Å². The predicted molar refractivity (Wildman–Crippen MR) is 79.5 cm³/mol. The van der Waals surface area contributed by atoms with Gasteiger partial charge in [0.15, 0.2) is 11.6 Å². The van der Waals surface area contributed by atoms with Gasteiger partial charge in [-0.15, -0.1) is 0 Å². The van der Waals surface area contributed by atoms with Crippen LogP contribution in [0.5, 0.6) is 5.75 Å². The first kappa shape index (κ1) is 14.5. The zero-order chi connectivity index (χ0) is 14.7. The highest BCUT2D eigenvalue weighted by Gasteiger charge is 2.10. The first-order valence-electron chi connectivity index (χ1n) is 6.68. The molecule has 0 aliphatic heterocycles. The lowest BCUT2D eigenvalue weighted by atomic mass is 10.0. The molecular formula is C17H20FNO. The Morgan fingerprint density at radius 1 is 1.00 bits per heavy atom. The third-order valence-electron chi connectivity index (χ3n) is 3.18. The minimum atomic E-state index is -0.358. The van der Waals surface area contributed by atoms with Crippen molar-refractivity contribution >= 4 is 0 Å². The molecule has 20 heavy (non-hydrogen) atoms. The van der Waals surface area contributed by atoms with Crippen LogP contribution in [0, 0.1) is 26.6 Å². The Hall–Kier alpha value is -1.87. The zero-order valence-corrected chi connectivity index (χ0v) is 12.1. The summed E-state index contributed by atoms with van der Waals surface area (Å²) in [4.78, 5) is 0. The van der Waals surface area contributed by atoms with Gasteiger partial charge >= 0.3 is 0 Å². The number of nitrogens with two attached hydrogens (primary N) is 1. The first-order valence-corrected chi connectivity index (χ1v) is 6.68. The summed E-state index contributed by atoms with van der Waals surface area (Å²) < 4.78 is 19.1. The Morgan fingerprint density at radius 2 is 1.65 bits per heavy atom. The number of halogens is 1. The van der Waals surface area contributed by atoms with Crippen molar-refractivity contribution in [3.63, 3.8) is 0 Å². The van der Waals surface area contributed by atoms with Crippen LogP contribution in [0.25, 0.3) is 0 Å². The van der Waals surface area contributed by atoms with Gasteiger partial charge in [0.2, 0.25) is 0 Å². The summed E-state index contributed by atoms with van der Waals surface area (Å²) in [5, 5.41) is 0. The molecule has 0 heterocycles. The van der Waals surface area contributed by atoms with Crippen molar-refractivity contribution in [1.29, 1.82) is 0 Å². The van der Waals surface area contributed by atoms with Gasteiger partial charge in [0.1, 0.15) is 6.61 Å². The second-order valence-corrected chi connectivity index (χ2v) is 5.27. The maximum absolute atomic E-state index is 13.6. The molecule has 0 bridgehead atoms. The summed E-state index contributed by atoms with van der Waals surface area (Å²) >= 11 is 0. The van der Waals surface area contributed by atoms with Crippen molar-refractivity contribution in [3.8, 4) is 5.75 Å². The van der Waals surface area contributed by atoms with Crippen LogP contribution in [-0.2, 0) is 0 Å². The van der Waals surface area contributed by atoms with Crippen molar-refractivity contribution in [1.82, 2.24) is 0 Å². The Balaban J connectivity index is 2.08. The van der Waals surface area contributed by atoms with Crippen LogP contribution in [-0.4, -0.2) is 6.61 Å². The highest BCUT2D eigenvalue weighted by Crippen LogP contribution is 2.21. The minimum Gasteiger partial charge on any atom is -0.489 e. The predicted octanol–water partition coefficient (Wildman–Crippen LogP) is 3.83. The summed E-state index contributed by atoms with van der Waals surface area (Å²) in [6.45, 7) is 6.22. The van der Waals surface area contributed by atoms with E-state index in [1.807, 2.05) is 32.9 Å². The van der Waals surface area contributed by atoms with Crippen LogP contribution in [0.2, 0.25) is 0 Å². The SMILES string of the molecule is Cc1cc(C)cc(C(N)COc2cc(C)ccc2F)c1. The summed E-state index contributed by atoms with van der Waals surface area (Å²) in [5.74, 6) is -0.104. The van der Waals surface area contributed by atoms with Crippen LogP contribution in [0.3, 0.4) is 0 Å². The van der Waals surface area contributed by atoms with E-state index < -0.39 is 0 Å².